The third-order valence-corrected chi connectivity index (χ3v) is 4.05. The van der Waals surface area contributed by atoms with Crippen LogP contribution in [0, 0.1) is 9.49 Å². The van der Waals surface area contributed by atoms with Crippen molar-refractivity contribution in [2.75, 3.05) is 18.6 Å². The molecule has 6 nitrogen and oxygen atoms in total. The molecule has 0 spiro atoms. The lowest BCUT2D eigenvalue weighted by Crippen LogP contribution is -2.29. The van der Waals surface area contributed by atoms with E-state index in [0.29, 0.717) is 11.3 Å². The zero-order chi connectivity index (χ0) is 14.9. The van der Waals surface area contributed by atoms with Gasteiger partial charge >= 0.3 is 5.97 Å². The van der Waals surface area contributed by atoms with Gasteiger partial charge in [-0.2, -0.15) is 0 Å². The Morgan fingerprint density at radius 3 is 2.65 bits per heavy atom. The van der Waals surface area contributed by atoms with E-state index < -0.39 is 17.8 Å². The molecule has 1 heterocycles. The number of nitrogens with zero attached hydrogens (tertiary/aromatic N) is 1. The van der Waals surface area contributed by atoms with E-state index >= 15 is 0 Å². The van der Waals surface area contributed by atoms with E-state index in [0.717, 1.165) is 3.57 Å². The summed E-state index contributed by atoms with van der Waals surface area (Å²) >= 11 is 2.04. The van der Waals surface area contributed by atoms with Gasteiger partial charge in [-0.3, -0.25) is 9.59 Å². The number of methoxy groups -OCH3 is 1. The monoisotopic (exact) mass is 388 g/mol. The zero-order valence-corrected chi connectivity index (χ0v) is 12.9. The number of rotatable bonds is 3. The first-order chi connectivity index (χ1) is 9.43. The fourth-order valence-corrected chi connectivity index (χ4v) is 2.91. The van der Waals surface area contributed by atoms with Gasteiger partial charge in [-0.1, -0.05) is 0 Å². The van der Waals surface area contributed by atoms with Crippen molar-refractivity contribution in [1.29, 1.82) is 0 Å². The lowest BCUT2D eigenvalue weighted by atomic mass is 10.1. The van der Waals surface area contributed by atoms with Crippen molar-refractivity contribution in [3.05, 3.63) is 27.3 Å². The first-order valence-corrected chi connectivity index (χ1v) is 6.99. The van der Waals surface area contributed by atoms with Crippen LogP contribution in [0.25, 0.3) is 0 Å². The SMILES string of the molecule is COC(=O)c1ccc(N2CC(C(N)=O)CC2=O)c(I)c1. The number of halogens is 1. The van der Waals surface area contributed by atoms with Gasteiger partial charge in [-0.25, -0.2) is 4.79 Å². The molecule has 0 radical (unpaired) electrons. The first kappa shape index (κ1) is 14.8. The summed E-state index contributed by atoms with van der Waals surface area (Å²) in [7, 11) is 1.31. The molecular formula is C13H13IN2O4. The summed E-state index contributed by atoms with van der Waals surface area (Å²) in [5.41, 5.74) is 6.33. The number of esters is 1. The molecule has 7 heteroatoms. The van der Waals surface area contributed by atoms with Crippen molar-refractivity contribution in [2.24, 2.45) is 11.7 Å². The smallest absolute Gasteiger partial charge is 0.337 e. The highest BCUT2D eigenvalue weighted by atomic mass is 127. The van der Waals surface area contributed by atoms with Gasteiger partial charge in [-0.05, 0) is 40.8 Å². The summed E-state index contributed by atoms with van der Waals surface area (Å²) in [6, 6.07) is 4.91. The van der Waals surface area contributed by atoms with Gasteiger partial charge in [0, 0.05) is 16.5 Å². The molecule has 1 saturated heterocycles. The summed E-state index contributed by atoms with van der Waals surface area (Å²) in [5, 5.41) is 0. The third kappa shape index (κ3) is 2.77. The minimum absolute atomic E-state index is 0.129. The van der Waals surface area contributed by atoms with E-state index in [2.05, 4.69) is 4.74 Å². The van der Waals surface area contributed by atoms with Crippen molar-refractivity contribution in [3.8, 4) is 0 Å². The van der Waals surface area contributed by atoms with Crippen LogP contribution < -0.4 is 10.6 Å². The largest absolute Gasteiger partial charge is 0.465 e. The highest BCUT2D eigenvalue weighted by Gasteiger charge is 2.34. The van der Waals surface area contributed by atoms with Gasteiger partial charge < -0.3 is 15.4 Å². The summed E-state index contributed by atoms with van der Waals surface area (Å²) in [4.78, 5) is 36.1. The minimum Gasteiger partial charge on any atom is -0.465 e. The normalized spacial score (nSPS) is 18.2. The van der Waals surface area contributed by atoms with Crippen LogP contribution in [-0.2, 0) is 14.3 Å². The molecule has 1 aliphatic rings. The van der Waals surface area contributed by atoms with E-state index in [-0.39, 0.29) is 18.9 Å². The van der Waals surface area contributed by atoms with E-state index in [4.69, 9.17) is 5.73 Å². The highest BCUT2D eigenvalue weighted by molar-refractivity contribution is 14.1. The number of hydrogen-bond donors (Lipinski definition) is 1. The lowest BCUT2D eigenvalue weighted by Gasteiger charge is -2.18. The topological polar surface area (TPSA) is 89.7 Å². The molecule has 106 valence electrons. The summed E-state index contributed by atoms with van der Waals surface area (Å²) in [6.45, 7) is 0.280. The molecule has 1 aromatic rings. The molecule has 1 aliphatic heterocycles. The number of primary amides is 1. The van der Waals surface area contributed by atoms with Crippen molar-refractivity contribution >= 4 is 46.1 Å². The molecule has 0 aliphatic carbocycles. The molecule has 1 atom stereocenters. The molecule has 2 rings (SSSR count). The highest BCUT2D eigenvalue weighted by Crippen LogP contribution is 2.29. The molecule has 1 aromatic carbocycles. The van der Waals surface area contributed by atoms with Crippen LogP contribution in [0.2, 0.25) is 0 Å². The van der Waals surface area contributed by atoms with Crippen LogP contribution in [-0.4, -0.2) is 31.4 Å². The number of hydrogen-bond acceptors (Lipinski definition) is 4. The second-order valence-corrected chi connectivity index (χ2v) is 5.63. The molecule has 0 aromatic heterocycles. The third-order valence-electron chi connectivity index (χ3n) is 3.19. The maximum absolute atomic E-state index is 11.9. The second-order valence-electron chi connectivity index (χ2n) is 4.47. The Morgan fingerprint density at radius 1 is 1.45 bits per heavy atom. The van der Waals surface area contributed by atoms with Gasteiger partial charge in [0.15, 0.2) is 0 Å². The number of anilines is 1. The molecule has 2 N–H and O–H groups in total. The van der Waals surface area contributed by atoms with Crippen molar-refractivity contribution in [2.45, 2.75) is 6.42 Å². The van der Waals surface area contributed by atoms with Crippen LogP contribution in [0.4, 0.5) is 5.69 Å². The lowest BCUT2D eigenvalue weighted by molar-refractivity contribution is -0.123. The summed E-state index contributed by atoms with van der Waals surface area (Å²) in [6.07, 6.45) is 0.129. The van der Waals surface area contributed by atoms with E-state index in [1.165, 1.54) is 12.0 Å². The van der Waals surface area contributed by atoms with E-state index in [1.807, 2.05) is 22.6 Å². The van der Waals surface area contributed by atoms with Crippen LogP contribution in [0.5, 0.6) is 0 Å². The van der Waals surface area contributed by atoms with Gasteiger partial charge in [-0.15, -0.1) is 0 Å². The van der Waals surface area contributed by atoms with Crippen molar-refractivity contribution in [3.63, 3.8) is 0 Å². The van der Waals surface area contributed by atoms with Crippen LogP contribution in [0.15, 0.2) is 18.2 Å². The maximum atomic E-state index is 11.9. The predicted molar refractivity (Wildman–Crippen MR) is 80.2 cm³/mol. The molecule has 20 heavy (non-hydrogen) atoms. The van der Waals surface area contributed by atoms with Crippen molar-refractivity contribution < 1.29 is 19.1 Å². The molecule has 0 saturated carbocycles. The fraction of sp³-hybridized carbons (Fsp3) is 0.308. The average molecular weight is 388 g/mol. The van der Waals surface area contributed by atoms with Gasteiger partial charge in [0.1, 0.15) is 0 Å². The zero-order valence-electron chi connectivity index (χ0n) is 10.8. The minimum atomic E-state index is -0.470. The van der Waals surface area contributed by atoms with E-state index in [1.54, 1.807) is 18.2 Å². The number of benzene rings is 1. The van der Waals surface area contributed by atoms with Crippen molar-refractivity contribution in [1.82, 2.24) is 0 Å². The van der Waals surface area contributed by atoms with Crippen LogP contribution >= 0.6 is 22.6 Å². The number of carbonyl (C=O) groups is 3. The molecule has 1 unspecified atom stereocenters. The van der Waals surface area contributed by atoms with Gasteiger partial charge in [0.2, 0.25) is 11.8 Å². The van der Waals surface area contributed by atoms with E-state index in [9.17, 15) is 14.4 Å². The van der Waals surface area contributed by atoms with Gasteiger partial charge in [0.05, 0.1) is 24.3 Å². The Labute approximate surface area is 129 Å². The maximum Gasteiger partial charge on any atom is 0.337 e. The number of ether oxygens (including phenoxy) is 1. The van der Waals surface area contributed by atoms with Gasteiger partial charge in [0.25, 0.3) is 0 Å². The average Bonchev–Trinajstić information content (AvgIpc) is 2.80. The Balaban J connectivity index is 2.28. The molecular weight excluding hydrogens is 375 g/mol. The summed E-state index contributed by atoms with van der Waals surface area (Å²) in [5.74, 6) is -1.50. The predicted octanol–water partition coefficient (Wildman–Crippen LogP) is 0.916. The van der Waals surface area contributed by atoms with Crippen LogP contribution in [0.3, 0.4) is 0 Å². The quantitative estimate of drug-likeness (QED) is 0.616. The molecule has 2 amide bonds. The Morgan fingerprint density at radius 2 is 2.15 bits per heavy atom. The van der Waals surface area contributed by atoms with Crippen LogP contribution in [0.1, 0.15) is 16.8 Å². The standard InChI is InChI=1S/C13H13IN2O4/c1-20-13(19)7-2-3-10(9(14)4-7)16-6-8(12(15)18)5-11(16)17/h2-4,8H,5-6H2,1H3,(H2,15,18). The Bertz CT molecular complexity index is 588. The number of amides is 2. The first-order valence-electron chi connectivity index (χ1n) is 5.91. The molecule has 1 fully saturated rings. The number of carbonyl (C=O) groups excluding carboxylic acids is 3. The second kappa shape index (κ2) is 5.78. The fourth-order valence-electron chi connectivity index (χ4n) is 2.10. The Kier molecular flexibility index (Phi) is 4.26. The summed E-state index contributed by atoms with van der Waals surface area (Å²) < 4.78 is 5.38. The Hall–Kier alpha value is -1.64. The number of nitrogens with two attached hydrogens (primary N) is 1. The molecule has 0 bridgehead atoms.